The molecular weight excluding hydrogens is 280 g/mol. The highest BCUT2D eigenvalue weighted by Crippen LogP contribution is 2.28. The second kappa shape index (κ2) is 6.03. The Kier molecular flexibility index (Phi) is 4.39. The SMILES string of the molecule is Cc1cccc(NC(=O)C(C)Sc2nnc(N)s2)c1. The number of nitrogens with one attached hydrogen (secondary N) is 1. The van der Waals surface area contributed by atoms with Crippen LogP contribution in [0.25, 0.3) is 0 Å². The lowest BCUT2D eigenvalue weighted by atomic mass is 10.2. The Morgan fingerprint density at radius 2 is 2.26 bits per heavy atom. The van der Waals surface area contributed by atoms with E-state index in [-0.39, 0.29) is 11.2 Å². The summed E-state index contributed by atoms with van der Waals surface area (Å²) in [6, 6.07) is 7.69. The van der Waals surface area contributed by atoms with Crippen LogP contribution >= 0.6 is 23.1 Å². The Morgan fingerprint density at radius 3 is 2.89 bits per heavy atom. The van der Waals surface area contributed by atoms with E-state index in [9.17, 15) is 4.79 Å². The van der Waals surface area contributed by atoms with Crippen LogP contribution in [-0.2, 0) is 4.79 Å². The smallest absolute Gasteiger partial charge is 0.237 e. The Morgan fingerprint density at radius 1 is 1.47 bits per heavy atom. The van der Waals surface area contributed by atoms with Crippen molar-refractivity contribution < 1.29 is 4.79 Å². The summed E-state index contributed by atoms with van der Waals surface area (Å²) in [5.74, 6) is -0.0654. The third-order valence-electron chi connectivity index (χ3n) is 2.35. The maximum Gasteiger partial charge on any atom is 0.237 e. The average molecular weight is 294 g/mol. The quantitative estimate of drug-likeness (QED) is 0.847. The molecule has 0 saturated heterocycles. The molecule has 0 fully saturated rings. The highest BCUT2D eigenvalue weighted by atomic mass is 32.2. The molecule has 0 aliphatic carbocycles. The molecule has 2 rings (SSSR count). The van der Waals surface area contributed by atoms with Crippen molar-refractivity contribution in [3.8, 4) is 0 Å². The van der Waals surface area contributed by atoms with Crippen LogP contribution in [0.3, 0.4) is 0 Å². The molecule has 0 bridgehead atoms. The van der Waals surface area contributed by atoms with Gasteiger partial charge in [0.2, 0.25) is 11.0 Å². The Labute approximate surface area is 119 Å². The van der Waals surface area contributed by atoms with Gasteiger partial charge in [-0.05, 0) is 31.5 Å². The van der Waals surface area contributed by atoms with Gasteiger partial charge in [0.05, 0.1) is 5.25 Å². The van der Waals surface area contributed by atoms with Crippen molar-refractivity contribution in [3.63, 3.8) is 0 Å². The van der Waals surface area contributed by atoms with Gasteiger partial charge in [0, 0.05) is 5.69 Å². The predicted octanol–water partition coefficient (Wildman–Crippen LogP) is 2.55. The number of hydrogen-bond acceptors (Lipinski definition) is 6. The molecule has 0 aliphatic rings. The molecule has 0 radical (unpaired) electrons. The molecule has 19 heavy (non-hydrogen) atoms. The number of hydrogen-bond donors (Lipinski definition) is 2. The maximum absolute atomic E-state index is 12.0. The highest BCUT2D eigenvalue weighted by molar-refractivity contribution is 8.02. The van der Waals surface area contributed by atoms with Gasteiger partial charge in [-0.15, -0.1) is 10.2 Å². The van der Waals surface area contributed by atoms with E-state index < -0.39 is 0 Å². The van der Waals surface area contributed by atoms with Gasteiger partial charge in [0.15, 0.2) is 4.34 Å². The molecule has 1 heterocycles. The standard InChI is InChI=1S/C12H14N4OS2/c1-7-4-3-5-9(6-7)14-10(17)8(2)18-12-16-15-11(13)19-12/h3-6,8H,1-2H3,(H2,13,15)(H,14,17). The van der Waals surface area contributed by atoms with E-state index in [1.807, 2.05) is 38.1 Å². The van der Waals surface area contributed by atoms with E-state index in [2.05, 4.69) is 15.5 Å². The molecule has 5 nitrogen and oxygen atoms in total. The minimum atomic E-state index is -0.257. The number of thioether (sulfide) groups is 1. The molecule has 1 atom stereocenters. The van der Waals surface area contributed by atoms with Gasteiger partial charge in [0.25, 0.3) is 0 Å². The minimum absolute atomic E-state index is 0.0654. The fourth-order valence-corrected chi connectivity index (χ4v) is 3.22. The molecule has 1 aromatic carbocycles. The lowest BCUT2D eigenvalue weighted by Gasteiger charge is -2.10. The van der Waals surface area contributed by atoms with Crippen LogP contribution < -0.4 is 11.1 Å². The van der Waals surface area contributed by atoms with Crippen molar-refractivity contribution >= 4 is 39.8 Å². The van der Waals surface area contributed by atoms with Crippen molar-refractivity contribution in [2.75, 3.05) is 11.1 Å². The average Bonchev–Trinajstić information content (AvgIpc) is 2.74. The number of anilines is 2. The third kappa shape index (κ3) is 3.93. The topological polar surface area (TPSA) is 80.9 Å². The van der Waals surface area contributed by atoms with Gasteiger partial charge in [-0.3, -0.25) is 4.79 Å². The first-order valence-corrected chi connectivity index (χ1v) is 7.37. The monoisotopic (exact) mass is 294 g/mol. The summed E-state index contributed by atoms with van der Waals surface area (Å²) >= 11 is 2.63. The summed E-state index contributed by atoms with van der Waals surface area (Å²) in [7, 11) is 0. The van der Waals surface area contributed by atoms with Gasteiger partial charge in [-0.2, -0.15) is 0 Å². The van der Waals surface area contributed by atoms with Crippen LogP contribution in [0.1, 0.15) is 12.5 Å². The van der Waals surface area contributed by atoms with Crippen molar-refractivity contribution in [1.82, 2.24) is 10.2 Å². The van der Waals surface area contributed by atoms with E-state index in [0.29, 0.717) is 9.47 Å². The fourth-order valence-electron chi connectivity index (χ4n) is 1.44. The second-order valence-electron chi connectivity index (χ2n) is 4.03. The number of aryl methyl sites for hydroxylation is 1. The van der Waals surface area contributed by atoms with Crippen LogP contribution in [0.4, 0.5) is 10.8 Å². The minimum Gasteiger partial charge on any atom is -0.374 e. The molecule has 3 N–H and O–H groups in total. The van der Waals surface area contributed by atoms with E-state index >= 15 is 0 Å². The second-order valence-corrected chi connectivity index (χ2v) is 6.62. The van der Waals surface area contributed by atoms with Crippen LogP contribution in [0.5, 0.6) is 0 Å². The molecule has 1 aromatic heterocycles. The molecule has 100 valence electrons. The zero-order valence-electron chi connectivity index (χ0n) is 10.6. The Balaban J connectivity index is 1.96. The zero-order valence-corrected chi connectivity index (χ0v) is 12.2. The van der Waals surface area contributed by atoms with E-state index in [0.717, 1.165) is 11.3 Å². The summed E-state index contributed by atoms with van der Waals surface area (Å²) in [6.45, 7) is 3.81. The Bertz CT molecular complexity index is 585. The molecule has 0 saturated carbocycles. The summed E-state index contributed by atoms with van der Waals surface area (Å²) in [5.41, 5.74) is 7.41. The van der Waals surface area contributed by atoms with E-state index in [4.69, 9.17) is 5.73 Å². The first kappa shape index (κ1) is 13.8. The number of nitrogen functional groups attached to an aromatic ring is 1. The number of carbonyl (C=O) groups excluding carboxylic acids is 1. The first-order chi connectivity index (χ1) is 9.04. The summed E-state index contributed by atoms with van der Waals surface area (Å²) in [4.78, 5) is 12.0. The summed E-state index contributed by atoms with van der Waals surface area (Å²) < 4.78 is 0.699. The predicted molar refractivity (Wildman–Crippen MR) is 79.4 cm³/mol. The van der Waals surface area contributed by atoms with Crippen molar-refractivity contribution in [2.45, 2.75) is 23.4 Å². The van der Waals surface area contributed by atoms with Gasteiger partial charge >= 0.3 is 0 Å². The molecule has 0 aliphatic heterocycles. The summed E-state index contributed by atoms with van der Waals surface area (Å²) in [6.07, 6.45) is 0. The van der Waals surface area contributed by atoms with Gasteiger partial charge < -0.3 is 11.1 Å². The largest absolute Gasteiger partial charge is 0.374 e. The van der Waals surface area contributed by atoms with Crippen LogP contribution in [0.15, 0.2) is 28.6 Å². The van der Waals surface area contributed by atoms with Gasteiger partial charge in [-0.25, -0.2) is 0 Å². The van der Waals surface area contributed by atoms with Crippen LogP contribution in [-0.4, -0.2) is 21.4 Å². The molecule has 0 spiro atoms. The number of aromatic nitrogens is 2. The van der Waals surface area contributed by atoms with Crippen molar-refractivity contribution in [1.29, 1.82) is 0 Å². The fraction of sp³-hybridized carbons (Fsp3) is 0.250. The Hall–Kier alpha value is -1.60. The third-order valence-corrected chi connectivity index (χ3v) is 4.29. The molecular formula is C12H14N4OS2. The highest BCUT2D eigenvalue weighted by Gasteiger charge is 2.16. The molecule has 1 unspecified atom stereocenters. The number of nitrogens with zero attached hydrogens (tertiary/aromatic N) is 2. The van der Waals surface area contributed by atoms with Crippen molar-refractivity contribution in [2.24, 2.45) is 0 Å². The normalized spacial score (nSPS) is 12.1. The molecule has 7 heteroatoms. The summed E-state index contributed by atoms with van der Waals surface area (Å²) in [5, 5.41) is 10.6. The zero-order chi connectivity index (χ0) is 13.8. The van der Waals surface area contributed by atoms with E-state index in [1.54, 1.807) is 0 Å². The molecule has 1 amide bonds. The first-order valence-electron chi connectivity index (χ1n) is 5.68. The molecule has 2 aromatic rings. The van der Waals surface area contributed by atoms with Crippen LogP contribution in [0.2, 0.25) is 0 Å². The number of amides is 1. The lowest BCUT2D eigenvalue weighted by molar-refractivity contribution is -0.115. The number of carbonyl (C=O) groups is 1. The van der Waals surface area contributed by atoms with Crippen LogP contribution in [0, 0.1) is 6.92 Å². The number of nitrogens with two attached hydrogens (primary N) is 1. The number of rotatable bonds is 4. The van der Waals surface area contributed by atoms with Gasteiger partial charge in [-0.1, -0.05) is 35.2 Å². The lowest BCUT2D eigenvalue weighted by Crippen LogP contribution is -2.22. The maximum atomic E-state index is 12.0. The van der Waals surface area contributed by atoms with E-state index in [1.165, 1.54) is 23.1 Å². The number of benzene rings is 1. The van der Waals surface area contributed by atoms with Crippen molar-refractivity contribution in [3.05, 3.63) is 29.8 Å². The van der Waals surface area contributed by atoms with Gasteiger partial charge in [0.1, 0.15) is 0 Å².